The van der Waals surface area contributed by atoms with Gasteiger partial charge in [0.1, 0.15) is 0 Å². The van der Waals surface area contributed by atoms with E-state index in [0.717, 1.165) is 39.2 Å². The van der Waals surface area contributed by atoms with Crippen molar-refractivity contribution in [1.82, 2.24) is 15.0 Å². The van der Waals surface area contributed by atoms with Crippen molar-refractivity contribution in [2.24, 2.45) is 0 Å². The van der Waals surface area contributed by atoms with Crippen LogP contribution in [0.1, 0.15) is 0 Å². The van der Waals surface area contributed by atoms with Gasteiger partial charge in [-0.15, -0.1) is 0 Å². The van der Waals surface area contributed by atoms with Crippen molar-refractivity contribution in [3.63, 3.8) is 0 Å². The van der Waals surface area contributed by atoms with Gasteiger partial charge in [0.2, 0.25) is 0 Å². The monoisotopic (exact) mass is 611 g/mol. The summed E-state index contributed by atoms with van der Waals surface area (Å²) in [5, 5.41) is 7.69. The lowest BCUT2D eigenvalue weighted by molar-refractivity contribution is 1.18. The Labute approximate surface area is 278 Å². The van der Waals surface area contributed by atoms with Gasteiger partial charge in [0.15, 0.2) is 5.82 Å². The Morgan fingerprint density at radius 2 is 0.750 bits per heavy atom. The van der Waals surface area contributed by atoms with Gasteiger partial charge in [-0.2, -0.15) is 0 Å². The molecule has 0 aliphatic carbocycles. The molecule has 9 aromatic rings. The maximum atomic E-state index is 5.05. The number of benzene rings is 7. The molecule has 7 aromatic carbocycles. The second-order valence-corrected chi connectivity index (χ2v) is 12.1. The summed E-state index contributed by atoms with van der Waals surface area (Å²) in [5.41, 5.74) is 9.41. The minimum Gasteiger partial charge on any atom is -0.264 e. The zero-order chi connectivity index (χ0) is 31.9. The van der Waals surface area contributed by atoms with E-state index in [4.69, 9.17) is 9.97 Å². The zero-order valence-electron chi connectivity index (χ0n) is 26.1. The number of hydrogen-bond acceptors (Lipinski definition) is 3. The summed E-state index contributed by atoms with van der Waals surface area (Å²) >= 11 is 0. The lowest BCUT2D eigenvalue weighted by Gasteiger charge is -2.13. The minimum absolute atomic E-state index is 0.706. The molecule has 224 valence electrons. The van der Waals surface area contributed by atoms with Crippen molar-refractivity contribution in [2.45, 2.75) is 0 Å². The summed E-state index contributed by atoms with van der Waals surface area (Å²) in [6.45, 7) is 0. The normalized spacial score (nSPS) is 11.3. The van der Waals surface area contributed by atoms with E-state index < -0.39 is 0 Å². The van der Waals surface area contributed by atoms with Crippen LogP contribution in [0.15, 0.2) is 176 Å². The molecule has 2 aromatic heterocycles. The first-order valence-electron chi connectivity index (χ1n) is 16.2. The zero-order valence-corrected chi connectivity index (χ0v) is 26.1. The highest BCUT2D eigenvalue weighted by Gasteiger charge is 2.13. The van der Waals surface area contributed by atoms with Crippen molar-refractivity contribution in [3.05, 3.63) is 176 Å². The maximum absolute atomic E-state index is 5.05. The molecule has 0 atom stereocenters. The molecule has 2 heterocycles. The fourth-order valence-electron chi connectivity index (χ4n) is 6.75. The van der Waals surface area contributed by atoms with Gasteiger partial charge in [-0.3, -0.25) is 4.98 Å². The average Bonchev–Trinajstić information content (AvgIpc) is 3.18. The summed E-state index contributed by atoms with van der Waals surface area (Å²) in [6, 6.07) is 57.8. The third-order valence-corrected chi connectivity index (χ3v) is 9.19. The average molecular weight is 612 g/mol. The highest BCUT2D eigenvalue weighted by atomic mass is 14.9. The standard InChI is InChI=1S/C45H29N3/c1-2-9-34(10-3-1)45-47-43(28-44(48-45)33-22-18-31(19-23-33)36-11-8-26-46-29-36)32-20-16-30(17-21-32)35-24-25-41-39-14-5-4-12-37(39)38-13-6-7-15-40(38)42(41)27-35/h1-29H. The van der Waals surface area contributed by atoms with Gasteiger partial charge in [-0.1, -0.05) is 146 Å². The quantitative estimate of drug-likeness (QED) is 0.182. The number of pyridine rings is 1. The SMILES string of the molecule is c1ccc(-c2nc(-c3ccc(-c4cccnc4)cc3)cc(-c3ccc(-c4ccc5c6ccccc6c6ccccc6c5c4)cc3)n2)cc1. The van der Waals surface area contributed by atoms with Crippen molar-refractivity contribution in [3.8, 4) is 56.2 Å². The Bertz CT molecular complexity index is 2540. The first kappa shape index (κ1) is 27.8. The van der Waals surface area contributed by atoms with E-state index in [1.807, 2.05) is 30.5 Å². The fraction of sp³-hybridized carbons (Fsp3) is 0. The Morgan fingerprint density at radius 1 is 0.292 bits per heavy atom. The van der Waals surface area contributed by atoms with Crippen LogP contribution in [0.25, 0.3) is 88.5 Å². The highest BCUT2D eigenvalue weighted by molar-refractivity contribution is 6.25. The van der Waals surface area contributed by atoms with E-state index in [0.29, 0.717) is 5.82 Å². The molecule has 0 aliphatic rings. The molecule has 0 bridgehead atoms. The first-order valence-corrected chi connectivity index (χ1v) is 16.2. The van der Waals surface area contributed by atoms with E-state index in [-0.39, 0.29) is 0 Å². The molecule has 0 saturated heterocycles. The molecule has 0 spiro atoms. The lowest BCUT2D eigenvalue weighted by Crippen LogP contribution is -1.96. The van der Waals surface area contributed by atoms with Gasteiger partial charge >= 0.3 is 0 Å². The molecule has 0 saturated carbocycles. The summed E-state index contributed by atoms with van der Waals surface area (Å²) in [6.07, 6.45) is 3.68. The molecule has 0 radical (unpaired) electrons. The molecule has 48 heavy (non-hydrogen) atoms. The van der Waals surface area contributed by atoms with Crippen LogP contribution >= 0.6 is 0 Å². The van der Waals surface area contributed by atoms with E-state index >= 15 is 0 Å². The number of aromatic nitrogens is 3. The minimum atomic E-state index is 0.706. The molecular formula is C45H29N3. The number of nitrogens with zero attached hydrogens (tertiary/aromatic N) is 3. The van der Waals surface area contributed by atoms with Gasteiger partial charge < -0.3 is 0 Å². The smallest absolute Gasteiger partial charge is 0.160 e. The van der Waals surface area contributed by atoms with Crippen molar-refractivity contribution in [1.29, 1.82) is 0 Å². The molecule has 0 N–H and O–H groups in total. The summed E-state index contributed by atoms with van der Waals surface area (Å²) in [5.74, 6) is 0.706. The van der Waals surface area contributed by atoms with Crippen LogP contribution in [-0.2, 0) is 0 Å². The Hall–Kier alpha value is -6.45. The highest BCUT2D eigenvalue weighted by Crippen LogP contribution is 2.37. The van der Waals surface area contributed by atoms with Gasteiger partial charge in [0.05, 0.1) is 11.4 Å². The van der Waals surface area contributed by atoms with Crippen LogP contribution in [0.2, 0.25) is 0 Å². The first-order chi connectivity index (χ1) is 23.8. The van der Waals surface area contributed by atoms with Crippen molar-refractivity contribution >= 4 is 32.3 Å². The third-order valence-electron chi connectivity index (χ3n) is 9.19. The third kappa shape index (κ3) is 4.99. The van der Waals surface area contributed by atoms with Crippen LogP contribution in [0.4, 0.5) is 0 Å². The van der Waals surface area contributed by atoms with Gasteiger partial charge in [0.25, 0.3) is 0 Å². The van der Waals surface area contributed by atoms with Crippen LogP contribution in [0, 0.1) is 0 Å². The fourth-order valence-corrected chi connectivity index (χ4v) is 6.75. The molecule has 0 aliphatic heterocycles. The molecule has 0 fully saturated rings. The van der Waals surface area contributed by atoms with E-state index in [2.05, 4.69) is 145 Å². The van der Waals surface area contributed by atoms with Crippen LogP contribution < -0.4 is 0 Å². The Kier molecular flexibility index (Phi) is 6.80. The molecule has 3 heteroatoms. The molecule has 0 unspecified atom stereocenters. The molecule has 3 nitrogen and oxygen atoms in total. The van der Waals surface area contributed by atoms with E-state index in [1.54, 1.807) is 6.20 Å². The molecule has 9 rings (SSSR count). The van der Waals surface area contributed by atoms with Crippen LogP contribution in [0.3, 0.4) is 0 Å². The summed E-state index contributed by atoms with van der Waals surface area (Å²) in [7, 11) is 0. The van der Waals surface area contributed by atoms with Crippen LogP contribution in [0.5, 0.6) is 0 Å². The van der Waals surface area contributed by atoms with Gasteiger partial charge in [-0.05, 0) is 72.8 Å². The van der Waals surface area contributed by atoms with Gasteiger partial charge in [-0.25, -0.2) is 9.97 Å². The molecule has 0 amide bonds. The Morgan fingerprint density at radius 3 is 1.31 bits per heavy atom. The predicted molar refractivity (Wildman–Crippen MR) is 200 cm³/mol. The predicted octanol–water partition coefficient (Wildman–Crippen LogP) is 11.7. The lowest BCUT2D eigenvalue weighted by atomic mass is 9.92. The van der Waals surface area contributed by atoms with E-state index in [1.165, 1.54) is 43.4 Å². The van der Waals surface area contributed by atoms with Crippen molar-refractivity contribution < 1.29 is 0 Å². The number of fused-ring (bicyclic) bond motifs is 6. The maximum Gasteiger partial charge on any atom is 0.160 e. The Balaban J connectivity index is 1.11. The summed E-state index contributed by atoms with van der Waals surface area (Å²) < 4.78 is 0. The largest absolute Gasteiger partial charge is 0.264 e. The van der Waals surface area contributed by atoms with Gasteiger partial charge in [0, 0.05) is 29.1 Å². The van der Waals surface area contributed by atoms with Crippen LogP contribution in [-0.4, -0.2) is 15.0 Å². The number of rotatable bonds is 5. The van der Waals surface area contributed by atoms with E-state index in [9.17, 15) is 0 Å². The summed E-state index contributed by atoms with van der Waals surface area (Å²) in [4.78, 5) is 14.3. The van der Waals surface area contributed by atoms with Crippen molar-refractivity contribution in [2.75, 3.05) is 0 Å². The second kappa shape index (κ2) is 11.7. The second-order valence-electron chi connectivity index (χ2n) is 12.1. The topological polar surface area (TPSA) is 38.7 Å². The molecular weight excluding hydrogens is 583 g/mol. The number of hydrogen-bond donors (Lipinski definition) is 0.